The summed E-state index contributed by atoms with van der Waals surface area (Å²) in [6, 6.07) is 5.93. The van der Waals surface area contributed by atoms with E-state index in [1.165, 1.54) is 0 Å². The average molecular weight is 276 g/mol. The Hall–Kier alpha value is -1.52. The van der Waals surface area contributed by atoms with E-state index in [0.717, 1.165) is 43.0 Å². The van der Waals surface area contributed by atoms with Crippen LogP contribution in [0.3, 0.4) is 0 Å². The van der Waals surface area contributed by atoms with E-state index in [1.54, 1.807) is 7.11 Å². The molecule has 2 N–H and O–H groups in total. The quantitative estimate of drug-likeness (QED) is 0.895. The van der Waals surface area contributed by atoms with E-state index >= 15 is 0 Å². The average Bonchev–Trinajstić information content (AvgIpc) is 2.48. The highest BCUT2D eigenvalue weighted by atomic mass is 16.5. The van der Waals surface area contributed by atoms with Gasteiger partial charge < -0.3 is 20.1 Å². The zero-order valence-electron chi connectivity index (χ0n) is 12.3. The number of likely N-dealkylation sites (tertiary alicyclic amines) is 1. The zero-order chi connectivity index (χ0) is 14.4. The van der Waals surface area contributed by atoms with Crippen molar-refractivity contribution in [3.8, 4) is 11.5 Å². The molecule has 0 aromatic heterocycles. The number of para-hydroxylation sites is 1. The van der Waals surface area contributed by atoms with Crippen molar-refractivity contribution in [3.05, 3.63) is 29.8 Å². The molecule has 0 amide bonds. The maximum atomic E-state index is 6.21. The van der Waals surface area contributed by atoms with Gasteiger partial charge in [0.05, 0.1) is 7.11 Å². The Morgan fingerprint density at radius 2 is 2.10 bits per heavy atom. The van der Waals surface area contributed by atoms with Gasteiger partial charge in [-0.2, -0.15) is 0 Å². The Labute approximate surface area is 121 Å². The summed E-state index contributed by atoms with van der Waals surface area (Å²) >= 11 is 0. The highest BCUT2D eigenvalue weighted by molar-refractivity contribution is 5.62. The van der Waals surface area contributed by atoms with Crippen LogP contribution in [0.5, 0.6) is 11.5 Å². The molecule has 0 radical (unpaired) electrons. The highest BCUT2D eigenvalue weighted by Crippen LogP contribution is 2.34. The first kappa shape index (κ1) is 14.9. The third-order valence-electron chi connectivity index (χ3n) is 3.61. The number of hydrogen-bond donors (Lipinski definition) is 1. The zero-order valence-corrected chi connectivity index (χ0v) is 12.3. The van der Waals surface area contributed by atoms with Gasteiger partial charge in [-0.05, 0) is 26.0 Å². The number of methoxy groups -OCH3 is 1. The smallest absolute Gasteiger partial charge is 0.168 e. The number of nitrogens with two attached hydrogens (primary N) is 1. The largest absolute Gasteiger partial charge is 0.493 e. The molecule has 0 bridgehead atoms. The van der Waals surface area contributed by atoms with E-state index in [0.29, 0.717) is 6.54 Å². The number of rotatable bonds is 5. The van der Waals surface area contributed by atoms with Gasteiger partial charge in [0.1, 0.15) is 6.10 Å². The Morgan fingerprint density at radius 1 is 1.35 bits per heavy atom. The van der Waals surface area contributed by atoms with Crippen LogP contribution in [0.2, 0.25) is 0 Å². The molecule has 110 valence electrons. The van der Waals surface area contributed by atoms with Crippen LogP contribution < -0.4 is 15.2 Å². The molecule has 1 fully saturated rings. The molecular formula is C16H24N2O2. The minimum Gasteiger partial charge on any atom is -0.493 e. The summed E-state index contributed by atoms with van der Waals surface area (Å²) in [5.41, 5.74) is 6.55. The molecule has 0 aliphatic carbocycles. The van der Waals surface area contributed by atoms with Gasteiger partial charge in [0, 0.05) is 25.2 Å². The first-order chi connectivity index (χ1) is 9.74. The fraction of sp³-hybridized carbons (Fsp3) is 0.500. The van der Waals surface area contributed by atoms with Gasteiger partial charge in [-0.1, -0.05) is 24.3 Å². The van der Waals surface area contributed by atoms with E-state index < -0.39 is 0 Å². The first-order valence-corrected chi connectivity index (χ1v) is 7.13. The van der Waals surface area contributed by atoms with Crippen molar-refractivity contribution in [1.82, 2.24) is 4.90 Å². The summed E-state index contributed by atoms with van der Waals surface area (Å²) in [5, 5.41) is 0. The predicted molar refractivity (Wildman–Crippen MR) is 82.2 cm³/mol. The third kappa shape index (κ3) is 3.74. The molecule has 1 aliphatic heterocycles. The molecule has 20 heavy (non-hydrogen) atoms. The maximum Gasteiger partial charge on any atom is 0.168 e. The van der Waals surface area contributed by atoms with E-state index in [2.05, 4.69) is 11.9 Å². The van der Waals surface area contributed by atoms with Crippen molar-refractivity contribution in [2.75, 3.05) is 33.8 Å². The molecule has 0 saturated carbocycles. The normalized spacial score (nSPS) is 17.6. The van der Waals surface area contributed by atoms with Crippen LogP contribution in [0.4, 0.5) is 0 Å². The van der Waals surface area contributed by atoms with Crippen LogP contribution in [-0.2, 0) is 0 Å². The SMILES string of the molecule is COc1cccc(/C=C/CN)c1OC1CCN(C)CC1. The molecule has 4 heteroatoms. The second-order valence-electron chi connectivity index (χ2n) is 5.14. The van der Waals surface area contributed by atoms with Gasteiger partial charge in [-0.25, -0.2) is 0 Å². The minimum atomic E-state index is 0.257. The molecule has 0 unspecified atom stereocenters. The van der Waals surface area contributed by atoms with Crippen LogP contribution in [0.1, 0.15) is 18.4 Å². The van der Waals surface area contributed by atoms with Gasteiger partial charge >= 0.3 is 0 Å². The summed E-state index contributed by atoms with van der Waals surface area (Å²) in [7, 11) is 3.82. The van der Waals surface area contributed by atoms with Gasteiger partial charge in [-0.3, -0.25) is 0 Å². The summed E-state index contributed by atoms with van der Waals surface area (Å²) in [5.74, 6) is 1.61. The third-order valence-corrected chi connectivity index (χ3v) is 3.61. The summed E-state index contributed by atoms with van der Waals surface area (Å²) in [6.45, 7) is 2.67. The molecule has 1 saturated heterocycles. The van der Waals surface area contributed by atoms with Crippen molar-refractivity contribution in [2.24, 2.45) is 5.73 Å². The van der Waals surface area contributed by atoms with Crippen molar-refractivity contribution < 1.29 is 9.47 Å². The Balaban J connectivity index is 2.17. The number of ether oxygens (including phenoxy) is 2. The fourth-order valence-electron chi connectivity index (χ4n) is 2.42. The monoisotopic (exact) mass is 276 g/mol. The number of benzene rings is 1. The molecule has 4 nitrogen and oxygen atoms in total. The molecule has 1 aromatic carbocycles. The van der Waals surface area contributed by atoms with E-state index in [9.17, 15) is 0 Å². The van der Waals surface area contributed by atoms with Gasteiger partial charge in [0.25, 0.3) is 0 Å². The van der Waals surface area contributed by atoms with E-state index in [1.807, 2.05) is 30.4 Å². The summed E-state index contributed by atoms with van der Waals surface area (Å²) < 4.78 is 11.6. The molecule has 0 spiro atoms. The van der Waals surface area contributed by atoms with Crippen molar-refractivity contribution in [2.45, 2.75) is 18.9 Å². The predicted octanol–water partition coefficient (Wildman–Crippen LogP) is 2.14. The molecular weight excluding hydrogens is 252 g/mol. The van der Waals surface area contributed by atoms with E-state index in [-0.39, 0.29) is 6.10 Å². The van der Waals surface area contributed by atoms with Gasteiger partial charge in [0.2, 0.25) is 0 Å². The molecule has 1 aliphatic rings. The fourth-order valence-corrected chi connectivity index (χ4v) is 2.42. The van der Waals surface area contributed by atoms with Gasteiger partial charge in [-0.15, -0.1) is 0 Å². The number of nitrogens with zero attached hydrogens (tertiary/aromatic N) is 1. The van der Waals surface area contributed by atoms with Crippen LogP contribution in [0, 0.1) is 0 Å². The summed E-state index contributed by atoms with van der Waals surface area (Å²) in [6.07, 6.45) is 6.28. The van der Waals surface area contributed by atoms with Crippen LogP contribution in [-0.4, -0.2) is 44.8 Å². The molecule has 1 heterocycles. The second kappa shape index (κ2) is 7.31. The van der Waals surface area contributed by atoms with Crippen LogP contribution in [0.25, 0.3) is 6.08 Å². The topological polar surface area (TPSA) is 47.7 Å². The lowest BCUT2D eigenvalue weighted by Gasteiger charge is -2.30. The summed E-state index contributed by atoms with van der Waals surface area (Å²) in [4.78, 5) is 2.33. The lowest BCUT2D eigenvalue weighted by atomic mass is 10.1. The lowest BCUT2D eigenvalue weighted by molar-refractivity contribution is 0.111. The molecule has 0 atom stereocenters. The van der Waals surface area contributed by atoms with Crippen LogP contribution in [0.15, 0.2) is 24.3 Å². The van der Waals surface area contributed by atoms with Gasteiger partial charge in [0.15, 0.2) is 11.5 Å². The first-order valence-electron chi connectivity index (χ1n) is 7.13. The van der Waals surface area contributed by atoms with E-state index in [4.69, 9.17) is 15.2 Å². The van der Waals surface area contributed by atoms with Crippen molar-refractivity contribution in [3.63, 3.8) is 0 Å². The number of hydrogen-bond acceptors (Lipinski definition) is 4. The molecule has 2 rings (SSSR count). The van der Waals surface area contributed by atoms with Crippen molar-refractivity contribution >= 4 is 6.08 Å². The maximum absolute atomic E-state index is 6.21. The highest BCUT2D eigenvalue weighted by Gasteiger charge is 2.20. The van der Waals surface area contributed by atoms with Crippen molar-refractivity contribution in [1.29, 1.82) is 0 Å². The Bertz CT molecular complexity index is 452. The Kier molecular flexibility index (Phi) is 5.44. The number of piperidine rings is 1. The molecule has 1 aromatic rings. The minimum absolute atomic E-state index is 0.257. The van der Waals surface area contributed by atoms with Crippen LogP contribution >= 0.6 is 0 Å². The lowest BCUT2D eigenvalue weighted by Crippen LogP contribution is -2.35. The Morgan fingerprint density at radius 3 is 2.75 bits per heavy atom. The standard InChI is InChI=1S/C16H24N2O2/c1-18-11-8-14(9-12-18)20-16-13(6-4-10-17)5-3-7-15(16)19-2/h3-7,14H,8-12,17H2,1-2H3/b6-4+. The second-order valence-corrected chi connectivity index (χ2v) is 5.14.